The fourth-order valence-electron chi connectivity index (χ4n) is 2.46. The van der Waals surface area contributed by atoms with E-state index >= 15 is 0 Å². The second-order valence-electron chi connectivity index (χ2n) is 4.77. The lowest BCUT2D eigenvalue weighted by molar-refractivity contribution is 0.630. The molecule has 0 saturated carbocycles. The van der Waals surface area contributed by atoms with Crippen LogP contribution in [0.5, 0.6) is 0 Å². The molecule has 0 saturated heterocycles. The zero-order valence-electron chi connectivity index (χ0n) is 12.0. The summed E-state index contributed by atoms with van der Waals surface area (Å²) < 4.78 is 1.90. The molecule has 2 rings (SSSR count). The summed E-state index contributed by atoms with van der Waals surface area (Å²) in [6.07, 6.45) is 3.29. The molecule has 5 nitrogen and oxygen atoms in total. The van der Waals surface area contributed by atoms with E-state index in [4.69, 9.17) is 0 Å². The van der Waals surface area contributed by atoms with E-state index in [0.29, 0.717) is 5.92 Å². The molecular weight excluding hydrogens is 238 g/mol. The minimum atomic E-state index is 0.440. The smallest absolute Gasteiger partial charge is 0.156 e. The predicted octanol–water partition coefficient (Wildman–Crippen LogP) is 1.99. The molecule has 1 unspecified atom stereocenters. The van der Waals surface area contributed by atoms with Crippen LogP contribution in [0.25, 0.3) is 5.82 Å². The summed E-state index contributed by atoms with van der Waals surface area (Å²) in [7, 11) is 0. The van der Waals surface area contributed by atoms with E-state index in [9.17, 15) is 0 Å². The molecule has 102 valence electrons. The van der Waals surface area contributed by atoms with Crippen molar-refractivity contribution in [1.82, 2.24) is 25.1 Å². The second-order valence-corrected chi connectivity index (χ2v) is 4.77. The lowest BCUT2D eigenvalue weighted by atomic mass is 9.99. The van der Waals surface area contributed by atoms with E-state index in [0.717, 1.165) is 30.3 Å². The molecule has 2 aromatic heterocycles. The summed E-state index contributed by atoms with van der Waals surface area (Å²) >= 11 is 0. The van der Waals surface area contributed by atoms with Crippen LogP contribution in [0.2, 0.25) is 0 Å². The quantitative estimate of drug-likeness (QED) is 0.892. The van der Waals surface area contributed by atoms with Gasteiger partial charge in [0.05, 0.1) is 5.69 Å². The van der Waals surface area contributed by atoms with Crippen LogP contribution in [0, 0.1) is 13.8 Å². The highest BCUT2D eigenvalue weighted by atomic mass is 15.3. The van der Waals surface area contributed by atoms with Gasteiger partial charge in [0, 0.05) is 30.1 Å². The normalized spacial score (nSPS) is 12.6. The van der Waals surface area contributed by atoms with Gasteiger partial charge in [-0.2, -0.15) is 5.10 Å². The van der Waals surface area contributed by atoms with Crippen molar-refractivity contribution in [3.8, 4) is 5.82 Å². The number of aromatic nitrogens is 4. The van der Waals surface area contributed by atoms with Crippen molar-refractivity contribution < 1.29 is 0 Å². The Morgan fingerprint density at radius 2 is 2.16 bits per heavy atom. The van der Waals surface area contributed by atoms with E-state index in [1.54, 1.807) is 12.5 Å². The molecule has 1 atom stereocenters. The number of nitrogens with one attached hydrogen (secondary N) is 1. The van der Waals surface area contributed by atoms with Gasteiger partial charge in [0.2, 0.25) is 0 Å². The Hall–Kier alpha value is -1.75. The van der Waals surface area contributed by atoms with Crippen molar-refractivity contribution >= 4 is 0 Å². The van der Waals surface area contributed by atoms with Gasteiger partial charge in [-0.3, -0.25) is 0 Å². The maximum absolute atomic E-state index is 4.61. The van der Waals surface area contributed by atoms with Crippen LogP contribution < -0.4 is 5.32 Å². The topological polar surface area (TPSA) is 55.6 Å². The summed E-state index contributed by atoms with van der Waals surface area (Å²) in [5.41, 5.74) is 3.53. The van der Waals surface area contributed by atoms with Gasteiger partial charge in [-0.25, -0.2) is 14.6 Å². The molecule has 0 radical (unpaired) electrons. The Labute approximate surface area is 114 Å². The molecular formula is C14H21N5. The van der Waals surface area contributed by atoms with E-state index < -0.39 is 0 Å². The Bertz CT molecular complexity index is 532. The summed E-state index contributed by atoms with van der Waals surface area (Å²) in [5, 5.41) is 8.00. The van der Waals surface area contributed by atoms with Crippen molar-refractivity contribution in [2.75, 3.05) is 13.1 Å². The third kappa shape index (κ3) is 2.81. The summed E-state index contributed by atoms with van der Waals surface area (Å²) in [6, 6.07) is 1.87. The van der Waals surface area contributed by atoms with Gasteiger partial charge in [-0.05, 0) is 26.3 Å². The molecule has 2 heterocycles. The zero-order chi connectivity index (χ0) is 13.8. The minimum Gasteiger partial charge on any atom is -0.316 e. The van der Waals surface area contributed by atoms with Gasteiger partial charge >= 0.3 is 0 Å². The molecule has 0 spiro atoms. The van der Waals surface area contributed by atoms with E-state index in [-0.39, 0.29) is 0 Å². The number of aryl methyl sites for hydroxylation is 1. The molecule has 19 heavy (non-hydrogen) atoms. The van der Waals surface area contributed by atoms with Crippen LogP contribution >= 0.6 is 0 Å². The minimum absolute atomic E-state index is 0.440. The third-order valence-electron chi connectivity index (χ3n) is 3.32. The number of hydrogen-bond donors (Lipinski definition) is 1. The fraction of sp³-hybridized carbons (Fsp3) is 0.500. The van der Waals surface area contributed by atoms with Gasteiger partial charge in [0.15, 0.2) is 5.82 Å². The number of nitrogens with zero attached hydrogens (tertiary/aromatic N) is 4. The Kier molecular flexibility index (Phi) is 4.27. The van der Waals surface area contributed by atoms with E-state index in [1.165, 1.54) is 5.56 Å². The van der Waals surface area contributed by atoms with Crippen molar-refractivity contribution in [3.05, 3.63) is 35.5 Å². The first-order valence-corrected chi connectivity index (χ1v) is 6.68. The van der Waals surface area contributed by atoms with Gasteiger partial charge in [-0.15, -0.1) is 0 Å². The fourth-order valence-corrected chi connectivity index (χ4v) is 2.46. The van der Waals surface area contributed by atoms with Gasteiger partial charge in [-0.1, -0.05) is 13.8 Å². The number of hydrogen-bond acceptors (Lipinski definition) is 4. The zero-order valence-corrected chi connectivity index (χ0v) is 12.0. The number of rotatable bonds is 5. The average Bonchev–Trinajstić information content (AvgIpc) is 2.72. The summed E-state index contributed by atoms with van der Waals surface area (Å²) in [5.74, 6) is 1.26. The van der Waals surface area contributed by atoms with Crippen molar-refractivity contribution in [3.63, 3.8) is 0 Å². The van der Waals surface area contributed by atoms with E-state index in [2.05, 4.69) is 48.1 Å². The molecule has 0 amide bonds. The SMILES string of the molecule is CCNCC(C)c1c(C)nn(-c2ccncn2)c1C. The maximum Gasteiger partial charge on any atom is 0.156 e. The Morgan fingerprint density at radius 1 is 1.37 bits per heavy atom. The highest BCUT2D eigenvalue weighted by molar-refractivity contribution is 5.34. The highest BCUT2D eigenvalue weighted by Gasteiger charge is 2.18. The van der Waals surface area contributed by atoms with Gasteiger partial charge in [0.25, 0.3) is 0 Å². The van der Waals surface area contributed by atoms with Crippen LogP contribution in [-0.2, 0) is 0 Å². The van der Waals surface area contributed by atoms with Crippen LogP contribution in [0.4, 0.5) is 0 Å². The molecule has 0 bridgehead atoms. The van der Waals surface area contributed by atoms with Crippen molar-refractivity contribution in [2.45, 2.75) is 33.6 Å². The first-order chi connectivity index (χ1) is 9.15. The third-order valence-corrected chi connectivity index (χ3v) is 3.32. The lowest BCUT2D eigenvalue weighted by Gasteiger charge is -2.12. The first-order valence-electron chi connectivity index (χ1n) is 6.68. The largest absolute Gasteiger partial charge is 0.316 e. The molecule has 0 aliphatic rings. The van der Waals surface area contributed by atoms with E-state index in [1.807, 2.05) is 10.7 Å². The lowest BCUT2D eigenvalue weighted by Crippen LogP contribution is -2.20. The molecule has 0 aromatic carbocycles. The summed E-state index contributed by atoms with van der Waals surface area (Å²) in [6.45, 7) is 10.5. The Morgan fingerprint density at radius 3 is 2.79 bits per heavy atom. The average molecular weight is 259 g/mol. The number of likely N-dealkylation sites (N-methyl/N-ethyl adjacent to an activating group) is 1. The molecule has 0 aliphatic carbocycles. The molecule has 2 aromatic rings. The highest BCUT2D eigenvalue weighted by Crippen LogP contribution is 2.24. The summed E-state index contributed by atoms with van der Waals surface area (Å²) in [4.78, 5) is 8.20. The van der Waals surface area contributed by atoms with Crippen LogP contribution in [0.1, 0.15) is 36.7 Å². The molecule has 0 aliphatic heterocycles. The van der Waals surface area contributed by atoms with Crippen LogP contribution in [0.3, 0.4) is 0 Å². The van der Waals surface area contributed by atoms with Crippen LogP contribution in [0.15, 0.2) is 18.6 Å². The Balaban J connectivity index is 2.35. The van der Waals surface area contributed by atoms with Crippen molar-refractivity contribution in [2.24, 2.45) is 0 Å². The standard InChI is InChI=1S/C14H21N5/c1-5-15-8-10(2)14-11(3)18-19(12(14)4)13-6-7-16-9-17-13/h6-7,9-10,15H,5,8H2,1-4H3. The monoisotopic (exact) mass is 259 g/mol. The van der Waals surface area contributed by atoms with Gasteiger partial charge in [0.1, 0.15) is 6.33 Å². The first kappa shape index (κ1) is 13.7. The van der Waals surface area contributed by atoms with Crippen molar-refractivity contribution in [1.29, 1.82) is 0 Å². The molecule has 5 heteroatoms. The predicted molar refractivity (Wildman–Crippen MR) is 75.6 cm³/mol. The molecule has 0 fully saturated rings. The molecule has 1 N–H and O–H groups in total. The second kappa shape index (κ2) is 5.93. The maximum atomic E-state index is 4.61. The van der Waals surface area contributed by atoms with Crippen LogP contribution in [-0.4, -0.2) is 32.8 Å². The van der Waals surface area contributed by atoms with Gasteiger partial charge < -0.3 is 5.32 Å².